The van der Waals surface area contributed by atoms with Gasteiger partial charge in [-0.3, -0.25) is 19.3 Å². The predicted molar refractivity (Wildman–Crippen MR) is 138 cm³/mol. The van der Waals surface area contributed by atoms with Crippen LogP contribution in [0.2, 0.25) is 5.02 Å². The number of hydrogen-bond acceptors (Lipinski definition) is 7. The molecule has 0 aromatic carbocycles. The topological polar surface area (TPSA) is 102 Å². The van der Waals surface area contributed by atoms with Crippen LogP contribution >= 0.6 is 11.6 Å². The van der Waals surface area contributed by atoms with Crippen molar-refractivity contribution in [2.24, 2.45) is 4.99 Å². The highest BCUT2D eigenvalue weighted by molar-refractivity contribution is 6.31. The molecule has 8 nitrogen and oxygen atoms in total. The first-order chi connectivity index (χ1) is 17.8. The maximum atomic E-state index is 14.6. The van der Waals surface area contributed by atoms with E-state index in [1.807, 2.05) is 0 Å². The molecular weight excluding hydrogens is 523 g/mol. The highest BCUT2D eigenvalue weighted by Crippen LogP contribution is 2.27. The average Bonchev–Trinajstić information content (AvgIpc) is 2.83. The van der Waals surface area contributed by atoms with Crippen LogP contribution in [-0.2, 0) is 18.8 Å². The molecule has 0 bridgehead atoms. The Morgan fingerprint density at radius 2 is 2.03 bits per heavy atom. The fourth-order valence-electron chi connectivity index (χ4n) is 3.39. The standard InChI is InChI=1S/C26H25ClF3N5O3/c1-14(10-31-12-18-6-7-32-25(34-18)26(4,5)37)23(16(3)28)35-15(2)8-21(22(27)24(35)36)38-13-20-19(30)9-17(29)11-33-20/h6-11,37H,3,12-13H2,1-2,4-5H3/b23-14+,31-10?. The smallest absolute Gasteiger partial charge is 0.277 e. The van der Waals surface area contributed by atoms with Gasteiger partial charge in [-0.05, 0) is 39.3 Å². The van der Waals surface area contributed by atoms with E-state index in [0.29, 0.717) is 11.8 Å². The van der Waals surface area contributed by atoms with Gasteiger partial charge in [0.05, 0.1) is 24.1 Å². The Morgan fingerprint density at radius 1 is 1.32 bits per heavy atom. The van der Waals surface area contributed by atoms with Crippen molar-refractivity contribution in [3.8, 4) is 5.75 Å². The highest BCUT2D eigenvalue weighted by Gasteiger charge is 2.21. The number of halogens is 4. The molecule has 3 aromatic heterocycles. The summed E-state index contributed by atoms with van der Waals surface area (Å²) in [6.07, 6.45) is 3.69. The van der Waals surface area contributed by atoms with Crippen LogP contribution in [0, 0.1) is 18.6 Å². The largest absolute Gasteiger partial charge is 0.485 e. The third-order valence-corrected chi connectivity index (χ3v) is 5.55. The molecule has 0 aliphatic rings. The van der Waals surface area contributed by atoms with Crippen LogP contribution in [0.4, 0.5) is 13.2 Å². The van der Waals surface area contributed by atoms with Crippen LogP contribution in [0.1, 0.15) is 43.7 Å². The van der Waals surface area contributed by atoms with E-state index in [-0.39, 0.29) is 45.8 Å². The Morgan fingerprint density at radius 3 is 2.66 bits per heavy atom. The minimum Gasteiger partial charge on any atom is -0.485 e. The second-order valence-corrected chi connectivity index (χ2v) is 9.19. The molecule has 200 valence electrons. The van der Waals surface area contributed by atoms with Gasteiger partial charge < -0.3 is 9.84 Å². The van der Waals surface area contributed by atoms with Crippen molar-refractivity contribution in [1.82, 2.24) is 19.5 Å². The summed E-state index contributed by atoms with van der Waals surface area (Å²) in [5, 5.41) is 9.70. The number of aliphatic hydroxyl groups is 1. The maximum absolute atomic E-state index is 14.6. The zero-order chi connectivity index (χ0) is 28.2. The van der Waals surface area contributed by atoms with Gasteiger partial charge in [0.2, 0.25) is 0 Å². The van der Waals surface area contributed by atoms with Gasteiger partial charge in [0.25, 0.3) is 5.56 Å². The van der Waals surface area contributed by atoms with Crippen LogP contribution in [0.5, 0.6) is 5.75 Å². The normalized spacial score (nSPS) is 12.6. The summed E-state index contributed by atoms with van der Waals surface area (Å²) in [4.78, 5) is 29.3. The Kier molecular flexibility index (Phi) is 8.85. The number of hydrogen-bond donors (Lipinski definition) is 1. The SMILES string of the molecule is C=C(F)/C(=C(/C)C=NCc1ccnc(C(C)(C)O)n1)n1c(C)cc(OCc2ncc(F)cc2F)c(Cl)c1=O. The van der Waals surface area contributed by atoms with Crippen molar-refractivity contribution in [2.75, 3.05) is 0 Å². The van der Waals surface area contributed by atoms with Crippen LogP contribution in [0.15, 0.2) is 58.4 Å². The molecule has 0 amide bonds. The number of ether oxygens (including phenoxy) is 1. The highest BCUT2D eigenvalue weighted by atomic mass is 35.5. The first-order valence-electron chi connectivity index (χ1n) is 11.2. The molecule has 0 unspecified atom stereocenters. The van der Waals surface area contributed by atoms with E-state index in [1.54, 1.807) is 26.8 Å². The lowest BCUT2D eigenvalue weighted by atomic mass is 10.1. The Balaban J connectivity index is 1.90. The van der Waals surface area contributed by atoms with Crippen LogP contribution in [-0.4, -0.2) is 30.8 Å². The summed E-state index contributed by atoms with van der Waals surface area (Å²) in [7, 11) is 0. The molecule has 0 saturated carbocycles. The number of rotatable bonds is 9. The lowest BCUT2D eigenvalue weighted by Gasteiger charge is -2.17. The fraction of sp³-hybridized carbons (Fsp3) is 0.269. The zero-order valence-corrected chi connectivity index (χ0v) is 21.9. The third kappa shape index (κ3) is 6.73. The summed E-state index contributed by atoms with van der Waals surface area (Å²) in [6.45, 7) is 9.19. The molecule has 0 atom stereocenters. The van der Waals surface area contributed by atoms with Gasteiger partial charge in [-0.1, -0.05) is 18.2 Å². The summed E-state index contributed by atoms with van der Waals surface area (Å²) in [5.41, 5.74) is -1.36. The minimum atomic E-state index is -1.23. The van der Waals surface area contributed by atoms with Crippen molar-refractivity contribution >= 4 is 23.5 Å². The molecule has 0 saturated heterocycles. The number of aromatic nitrogens is 4. The summed E-state index contributed by atoms with van der Waals surface area (Å²) >= 11 is 6.22. The van der Waals surface area contributed by atoms with Crippen molar-refractivity contribution < 1.29 is 23.0 Å². The van der Waals surface area contributed by atoms with Gasteiger partial charge in [-0.2, -0.15) is 0 Å². The Bertz CT molecular complexity index is 1500. The van der Waals surface area contributed by atoms with Crippen molar-refractivity contribution in [2.45, 2.75) is 46.4 Å². The zero-order valence-electron chi connectivity index (χ0n) is 21.1. The van der Waals surface area contributed by atoms with E-state index < -0.39 is 35.2 Å². The molecule has 1 N–H and O–H groups in total. The van der Waals surface area contributed by atoms with E-state index >= 15 is 0 Å². The lowest BCUT2D eigenvalue weighted by molar-refractivity contribution is 0.0684. The molecule has 0 fully saturated rings. The third-order valence-electron chi connectivity index (χ3n) is 5.20. The molecule has 38 heavy (non-hydrogen) atoms. The number of aliphatic imine (C=N–C) groups is 1. The molecule has 0 aliphatic heterocycles. The molecule has 0 radical (unpaired) electrons. The number of pyridine rings is 2. The summed E-state index contributed by atoms with van der Waals surface area (Å²) in [6, 6.07) is 3.65. The van der Waals surface area contributed by atoms with Gasteiger partial charge in [0.1, 0.15) is 40.3 Å². The van der Waals surface area contributed by atoms with Crippen molar-refractivity contribution in [1.29, 1.82) is 0 Å². The molecule has 0 spiro atoms. The molecule has 12 heteroatoms. The predicted octanol–water partition coefficient (Wildman–Crippen LogP) is 5.06. The van der Waals surface area contributed by atoms with E-state index in [2.05, 4.69) is 26.5 Å². The molecule has 3 heterocycles. The Hall–Kier alpha value is -3.83. The van der Waals surface area contributed by atoms with Crippen LogP contribution in [0.25, 0.3) is 5.70 Å². The van der Waals surface area contributed by atoms with Crippen molar-refractivity contribution in [3.05, 3.63) is 98.5 Å². The van der Waals surface area contributed by atoms with E-state index in [0.717, 1.165) is 10.8 Å². The van der Waals surface area contributed by atoms with Gasteiger partial charge in [-0.25, -0.2) is 23.1 Å². The molecule has 0 aliphatic carbocycles. The quantitative estimate of drug-likeness (QED) is 0.296. The number of nitrogens with zero attached hydrogens (tertiary/aromatic N) is 5. The molecular formula is C26H25ClF3N5O3. The first kappa shape index (κ1) is 28.7. The molecule has 3 rings (SSSR count). The summed E-state index contributed by atoms with van der Waals surface area (Å²) < 4.78 is 48.0. The van der Waals surface area contributed by atoms with Gasteiger partial charge in [0.15, 0.2) is 11.6 Å². The fourth-order valence-corrected chi connectivity index (χ4v) is 3.58. The maximum Gasteiger partial charge on any atom is 0.277 e. The molecule has 3 aromatic rings. The average molecular weight is 548 g/mol. The van der Waals surface area contributed by atoms with Crippen LogP contribution < -0.4 is 10.3 Å². The lowest BCUT2D eigenvalue weighted by Crippen LogP contribution is -2.24. The number of aryl methyl sites for hydroxylation is 1. The minimum absolute atomic E-state index is 0.0857. The van der Waals surface area contributed by atoms with Gasteiger partial charge in [-0.15, -0.1) is 0 Å². The Labute approximate surface area is 221 Å². The van der Waals surface area contributed by atoms with E-state index in [4.69, 9.17) is 16.3 Å². The van der Waals surface area contributed by atoms with E-state index in [9.17, 15) is 23.1 Å². The second-order valence-electron chi connectivity index (χ2n) is 8.81. The van der Waals surface area contributed by atoms with Gasteiger partial charge >= 0.3 is 0 Å². The number of allylic oxidation sites excluding steroid dienone is 3. The van der Waals surface area contributed by atoms with Crippen molar-refractivity contribution in [3.63, 3.8) is 0 Å². The monoisotopic (exact) mass is 547 g/mol. The second kappa shape index (κ2) is 11.7. The van der Waals surface area contributed by atoms with Gasteiger partial charge in [0, 0.05) is 30.2 Å². The first-order valence-corrected chi connectivity index (χ1v) is 11.6. The van der Waals surface area contributed by atoms with Crippen LogP contribution in [0.3, 0.4) is 0 Å². The summed E-state index contributed by atoms with van der Waals surface area (Å²) in [5.74, 6) is -2.53. The van der Waals surface area contributed by atoms with E-state index in [1.165, 1.54) is 25.4 Å².